The summed E-state index contributed by atoms with van der Waals surface area (Å²) in [6.07, 6.45) is 3.60. The molecule has 2 aliphatic heterocycles. The fourth-order valence-corrected chi connectivity index (χ4v) is 3.21. The minimum absolute atomic E-state index is 0. The quantitative estimate of drug-likeness (QED) is 0.810. The van der Waals surface area contributed by atoms with E-state index in [1.54, 1.807) is 12.4 Å². The molecular weight excluding hydrogens is 363 g/mol. The second kappa shape index (κ2) is 8.56. The summed E-state index contributed by atoms with van der Waals surface area (Å²) in [7, 11) is 0. The Balaban J connectivity index is 0.00000113. The lowest BCUT2D eigenvalue weighted by Gasteiger charge is -2.39. The number of hydrogen-bond acceptors (Lipinski definition) is 6. The van der Waals surface area contributed by atoms with Gasteiger partial charge in [0.05, 0.1) is 0 Å². The van der Waals surface area contributed by atoms with Crippen LogP contribution in [0.25, 0.3) is 0 Å². The Bertz CT molecular complexity index is 690. The van der Waals surface area contributed by atoms with Crippen molar-refractivity contribution in [3.05, 3.63) is 42.2 Å². The lowest BCUT2D eigenvalue weighted by Crippen LogP contribution is -2.52. The summed E-state index contributed by atoms with van der Waals surface area (Å²) in [5, 5.41) is 0. The van der Waals surface area contributed by atoms with Gasteiger partial charge >= 0.3 is 0 Å². The van der Waals surface area contributed by atoms with Gasteiger partial charge in [-0.2, -0.15) is 0 Å². The summed E-state index contributed by atoms with van der Waals surface area (Å²) in [5.41, 5.74) is 1.26. The lowest BCUT2D eigenvalue weighted by molar-refractivity contribution is 0.174. The van der Waals surface area contributed by atoms with Gasteiger partial charge in [-0.15, -0.1) is 24.8 Å². The number of anilines is 1. The number of nitrogens with zero attached hydrogens (tertiary/aromatic N) is 4. The summed E-state index contributed by atoms with van der Waals surface area (Å²) in [5.74, 6) is 2.52. The first kappa shape index (κ1) is 19.6. The van der Waals surface area contributed by atoms with E-state index in [0.29, 0.717) is 12.8 Å². The van der Waals surface area contributed by atoms with E-state index in [2.05, 4.69) is 38.8 Å². The number of fused-ring (bicyclic) bond motifs is 1. The van der Waals surface area contributed by atoms with Gasteiger partial charge in [0, 0.05) is 44.6 Å². The predicted octanol–water partition coefficient (Wildman–Crippen LogP) is 2.76. The highest BCUT2D eigenvalue weighted by Crippen LogP contribution is 2.33. The van der Waals surface area contributed by atoms with Gasteiger partial charge in [0.15, 0.2) is 11.5 Å². The fraction of sp³-hybridized carbons (Fsp3) is 0.412. The van der Waals surface area contributed by atoms with Crippen molar-refractivity contribution in [2.75, 3.05) is 31.3 Å². The van der Waals surface area contributed by atoms with Crippen molar-refractivity contribution in [2.24, 2.45) is 0 Å². The van der Waals surface area contributed by atoms with Gasteiger partial charge < -0.3 is 14.4 Å². The van der Waals surface area contributed by atoms with E-state index >= 15 is 0 Å². The topological polar surface area (TPSA) is 50.7 Å². The van der Waals surface area contributed by atoms with Crippen molar-refractivity contribution < 1.29 is 9.47 Å². The molecule has 25 heavy (non-hydrogen) atoms. The van der Waals surface area contributed by atoms with E-state index in [1.165, 1.54) is 5.56 Å². The molecule has 6 nitrogen and oxygen atoms in total. The smallest absolute Gasteiger partial charge is 0.231 e. The van der Waals surface area contributed by atoms with E-state index in [1.807, 2.05) is 12.1 Å². The van der Waals surface area contributed by atoms with Crippen molar-refractivity contribution in [3.63, 3.8) is 0 Å². The highest BCUT2D eigenvalue weighted by Gasteiger charge is 2.25. The molecule has 1 unspecified atom stereocenters. The number of piperazine rings is 1. The number of benzene rings is 1. The Morgan fingerprint density at radius 1 is 1.08 bits per heavy atom. The van der Waals surface area contributed by atoms with Gasteiger partial charge in [-0.3, -0.25) is 4.90 Å². The van der Waals surface area contributed by atoms with Crippen LogP contribution in [0.2, 0.25) is 0 Å². The Morgan fingerprint density at radius 2 is 1.84 bits per heavy atom. The molecule has 8 heteroatoms. The third kappa shape index (κ3) is 4.26. The molecule has 4 rings (SSSR count). The molecule has 0 amide bonds. The standard InChI is InChI=1S/C17H20N4O2.2ClH/c1-13-10-20(7-8-21(13)17-18-5-2-6-19-17)11-14-3-4-15-16(9-14)23-12-22-15;;/h2-6,9,13H,7-8,10-12H2,1H3;2*1H. The average Bonchev–Trinajstić information content (AvgIpc) is 3.03. The van der Waals surface area contributed by atoms with Crippen molar-refractivity contribution in [1.82, 2.24) is 14.9 Å². The maximum Gasteiger partial charge on any atom is 0.231 e. The SMILES string of the molecule is CC1CN(Cc2ccc3c(c2)OCO3)CCN1c1ncccn1.Cl.Cl. The second-order valence-electron chi connectivity index (χ2n) is 6.01. The largest absolute Gasteiger partial charge is 0.454 e. The molecule has 1 atom stereocenters. The van der Waals surface area contributed by atoms with Crippen LogP contribution in [0.3, 0.4) is 0 Å². The highest BCUT2D eigenvalue weighted by atomic mass is 35.5. The Hall–Kier alpha value is -1.76. The van der Waals surface area contributed by atoms with Crippen molar-refractivity contribution in [1.29, 1.82) is 0 Å². The molecule has 1 saturated heterocycles. The molecule has 1 aromatic carbocycles. The van der Waals surface area contributed by atoms with E-state index in [9.17, 15) is 0 Å². The van der Waals surface area contributed by atoms with Crippen molar-refractivity contribution in [3.8, 4) is 11.5 Å². The second-order valence-corrected chi connectivity index (χ2v) is 6.01. The number of hydrogen-bond donors (Lipinski definition) is 0. The van der Waals surface area contributed by atoms with Crippen molar-refractivity contribution >= 4 is 30.8 Å². The summed E-state index contributed by atoms with van der Waals surface area (Å²) < 4.78 is 10.8. The zero-order chi connectivity index (χ0) is 15.6. The molecule has 0 N–H and O–H groups in total. The fourth-order valence-electron chi connectivity index (χ4n) is 3.21. The maximum absolute atomic E-state index is 5.46. The maximum atomic E-state index is 5.46. The van der Waals surface area contributed by atoms with Crippen LogP contribution in [-0.4, -0.2) is 47.3 Å². The number of ether oxygens (including phenoxy) is 2. The van der Waals surface area contributed by atoms with Gasteiger partial charge in [0.2, 0.25) is 12.7 Å². The van der Waals surface area contributed by atoms with Crippen LogP contribution < -0.4 is 14.4 Å². The first-order valence-electron chi connectivity index (χ1n) is 7.94. The van der Waals surface area contributed by atoms with E-state index in [4.69, 9.17) is 9.47 Å². The molecule has 3 heterocycles. The molecule has 1 aromatic heterocycles. The summed E-state index contributed by atoms with van der Waals surface area (Å²) >= 11 is 0. The van der Waals surface area contributed by atoms with E-state index in [0.717, 1.165) is 43.6 Å². The van der Waals surface area contributed by atoms with Crippen LogP contribution in [0.5, 0.6) is 11.5 Å². The molecular formula is C17H22Cl2N4O2. The molecule has 2 aliphatic rings. The Labute approximate surface area is 160 Å². The number of halogens is 2. The highest BCUT2D eigenvalue weighted by molar-refractivity contribution is 5.85. The number of rotatable bonds is 3. The lowest BCUT2D eigenvalue weighted by atomic mass is 10.1. The van der Waals surface area contributed by atoms with Gasteiger partial charge in [-0.1, -0.05) is 6.07 Å². The van der Waals surface area contributed by atoms with E-state index in [-0.39, 0.29) is 24.8 Å². The minimum Gasteiger partial charge on any atom is -0.454 e. The van der Waals surface area contributed by atoms with Crippen LogP contribution in [0, 0.1) is 0 Å². The first-order valence-corrected chi connectivity index (χ1v) is 7.94. The monoisotopic (exact) mass is 384 g/mol. The van der Waals surface area contributed by atoms with Crippen LogP contribution in [0.15, 0.2) is 36.7 Å². The van der Waals surface area contributed by atoms with Gasteiger partial charge in [-0.05, 0) is 30.7 Å². The third-order valence-electron chi connectivity index (χ3n) is 4.36. The van der Waals surface area contributed by atoms with Crippen LogP contribution in [0.1, 0.15) is 12.5 Å². The minimum atomic E-state index is 0. The van der Waals surface area contributed by atoms with Gasteiger partial charge in [0.25, 0.3) is 0 Å². The molecule has 0 radical (unpaired) electrons. The van der Waals surface area contributed by atoms with Crippen molar-refractivity contribution in [2.45, 2.75) is 19.5 Å². The van der Waals surface area contributed by atoms with Gasteiger partial charge in [0.1, 0.15) is 0 Å². The van der Waals surface area contributed by atoms with Crippen LogP contribution >= 0.6 is 24.8 Å². The first-order chi connectivity index (χ1) is 11.3. The molecule has 0 spiro atoms. The molecule has 2 aromatic rings. The Kier molecular flexibility index (Phi) is 6.70. The van der Waals surface area contributed by atoms with Crippen LogP contribution in [-0.2, 0) is 6.54 Å². The zero-order valence-electron chi connectivity index (χ0n) is 14.0. The molecule has 136 valence electrons. The molecule has 0 aliphatic carbocycles. The summed E-state index contributed by atoms with van der Waals surface area (Å²) in [4.78, 5) is 13.5. The molecule has 1 fully saturated rings. The van der Waals surface area contributed by atoms with Crippen LogP contribution in [0.4, 0.5) is 5.95 Å². The number of aromatic nitrogens is 2. The third-order valence-corrected chi connectivity index (χ3v) is 4.36. The predicted molar refractivity (Wildman–Crippen MR) is 101 cm³/mol. The average molecular weight is 385 g/mol. The normalized spacial score (nSPS) is 19.1. The summed E-state index contributed by atoms with van der Waals surface area (Å²) in [6, 6.07) is 8.43. The molecule has 0 bridgehead atoms. The zero-order valence-corrected chi connectivity index (χ0v) is 15.6. The van der Waals surface area contributed by atoms with Gasteiger partial charge in [-0.25, -0.2) is 9.97 Å². The molecule has 0 saturated carbocycles. The summed E-state index contributed by atoms with van der Waals surface area (Å²) in [6.45, 7) is 6.40. The Morgan fingerprint density at radius 3 is 2.60 bits per heavy atom. The van der Waals surface area contributed by atoms with E-state index < -0.39 is 0 Å².